The molecule has 0 aliphatic carbocycles. The molecule has 0 unspecified atom stereocenters. The number of nitrogens with zero attached hydrogens (tertiary/aromatic N) is 2. The van der Waals surface area contributed by atoms with Crippen LogP contribution in [-0.4, -0.2) is 35.1 Å². The first-order chi connectivity index (χ1) is 12.9. The molecule has 0 atom stereocenters. The van der Waals surface area contributed by atoms with Crippen LogP contribution in [0.4, 0.5) is 9.59 Å². The summed E-state index contributed by atoms with van der Waals surface area (Å²) in [6.45, 7) is 6.79. The number of amides is 2. The molecule has 0 aromatic heterocycles. The minimum Gasteiger partial charge on any atom is -0.445 e. The van der Waals surface area contributed by atoms with Gasteiger partial charge in [-0.3, -0.25) is 0 Å². The van der Waals surface area contributed by atoms with Crippen LogP contribution in [0.15, 0.2) is 65.8 Å². The summed E-state index contributed by atoms with van der Waals surface area (Å²) in [5.41, 5.74) is 1.96. The normalized spacial score (nSPS) is 10.4. The maximum Gasteiger partial charge on any atom is 0.440 e. The second-order valence-electron chi connectivity index (χ2n) is 6.36. The third kappa shape index (κ3) is 5.95. The highest BCUT2D eigenvalue weighted by Crippen LogP contribution is 2.14. The van der Waals surface area contributed by atoms with Crippen molar-refractivity contribution in [2.45, 2.75) is 39.9 Å². The zero-order valence-corrected chi connectivity index (χ0v) is 16.0. The second-order valence-corrected chi connectivity index (χ2v) is 6.36. The Balaban J connectivity index is 2.52. The monoisotopic (exact) mass is 368 g/mol. The Morgan fingerprint density at radius 1 is 0.741 bits per heavy atom. The lowest BCUT2D eigenvalue weighted by Crippen LogP contribution is -2.37. The summed E-state index contributed by atoms with van der Waals surface area (Å²) in [4.78, 5) is 24.9. The number of imide groups is 1. The number of ether oxygens (including phenoxy) is 2. The Labute approximate surface area is 159 Å². The van der Waals surface area contributed by atoms with Crippen LogP contribution >= 0.6 is 0 Å². The fraction of sp³-hybridized carbons (Fsp3) is 0.286. The van der Waals surface area contributed by atoms with E-state index in [1.807, 2.05) is 60.7 Å². The minimum atomic E-state index is -0.889. The van der Waals surface area contributed by atoms with E-state index in [1.54, 1.807) is 27.7 Å². The van der Waals surface area contributed by atoms with Crippen molar-refractivity contribution in [1.29, 1.82) is 0 Å². The zero-order valence-electron chi connectivity index (χ0n) is 16.0. The van der Waals surface area contributed by atoms with E-state index in [0.717, 1.165) is 11.1 Å². The van der Waals surface area contributed by atoms with Gasteiger partial charge in [0.1, 0.15) is 0 Å². The lowest BCUT2D eigenvalue weighted by molar-refractivity contribution is 0.0518. The number of hydrogen-bond acceptors (Lipinski definition) is 5. The predicted octanol–water partition coefficient (Wildman–Crippen LogP) is 4.83. The summed E-state index contributed by atoms with van der Waals surface area (Å²) >= 11 is 0. The summed E-state index contributed by atoms with van der Waals surface area (Å²) in [5.74, 6) is 0. The van der Waals surface area contributed by atoms with Gasteiger partial charge in [-0.25, -0.2) is 9.59 Å². The molecular weight excluding hydrogens is 344 g/mol. The maximum atomic E-state index is 12.5. The lowest BCUT2D eigenvalue weighted by Gasteiger charge is -2.19. The molecule has 0 spiro atoms. The van der Waals surface area contributed by atoms with Gasteiger partial charge in [0.2, 0.25) is 0 Å². The van der Waals surface area contributed by atoms with Crippen molar-refractivity contribution >= 4 is 17.9 Å². The van der Waals surface area contributed by atoms with E-state index in [2.05, 4.69) is 5.10 Å². The van der Waals surface area contributed by atoms with E-state index < -0.39 is 24.4 Å². The van der Waals surface area contributed by atoms with Crippen LogP contribution in [0.3, 0.4) is 0 Å². The maximum absolute atomic E-state index is 12.5. The van der Waals surface area contributed by atoms with Gasteiger partial charge in [-0.2, -0.15) is 5.10 Å². The Kier molecular flexibility index (Phi) is 7.11. The molecule has 0 radical (unpaired) electrons. The van der Waals surface area contributed by atoms with Crippen LogP contribution in [0, 0.1) is 0 Å². The van der Waals surface area contributed by atoms with Crippen LogP contribution in [-0.2, 0) is 9.47 Å². The van der Waals surface area contributed by atoms with Crippen LogP contribution in [0.1, 0.15) is 38.8 Å². The lowest BCUT2D eigenvalue weighted by atomic mass is 10.0. The minimum absolute atomic E-state index is 0.404. The highest BCUT2D eigenvalue weighted by molar-refractivity contribution is 6.13. The van der Waals surface area contributed by atoms with Crippen LogP contribution in [0.5, 0.6) is 0 Å². The van der Waals surface area contributed by atoms with E-state index in [-0.39, 0.29) is 0 Å². The van der Waals surface area contributed by atoms with Crippen molar-refractivity contribution in [3.63, 3.8) is 0 Å². The summed E-state index contributed by atoms with van der Waals surface area (Å²) in [6, 6.07) is 18.6. The van der Waals surface area contributed by atoms with Crippen molar-refractivity contribution in [3.05, 3.63) is 71.8 Å². The molecule has 0 N–H and O–H groups in total. The molecule has 142 valence electrons. The van der Waals surface area contributed by atoms with Crippen LogP contribution in [0.2, 0.25) is 0 Å². The SMILES string of the molecule is CC(C)OC(=O)N(N=C(c1ccccc1)c1ccccc1)C(=O)OC(C)C. The van der Waals surface area contributed by atoms with Crippen LogP contribution < -0.4 is 0 Å². The van der Waals surface area contributed by atoms with E-state index in [0.29, 0.717) is 10.7 Å². The largest absolute Gasteiger partial charge is 0.445 e. The standard InChI is InChI=1S/C21H24N2O4/c1-15(2)26-20(24)23(21(25)27-16(3)4)22-19(17-11-7-5-8-12-17)18-13-9-6-10-14-18/h5-16H,1-4H3. The average Bonchev–Trinajstić information content (AvgIpc) is 2.62. The van der Waals surface area contributed by atoms with Crippen LogP contribution in [0.25, 0.3) is 0 Å². The quantitative estimate of drug-likeness (QED) is 0.560. The molecule has 0 bridgehead atoms. The van der Waals surface area contributed by atoms with Gasteiger partial charge in [0.15, 0.2) is 0 Å². The molecule has 27 heavy (non-hydrogen) atoms. The molecular formula is C21H24N2O4. The first-order valence-electron chi connectivity index (χ1n) is 8.79. The smallest absolute Gasteiger partial charge is 0.440 e. The second kappa shape index (κ2) is 9.52. The van der Waals surface area contributed by atoms with Crippen molar-refractivity contribution in [3.8, 4) is 0 Å². The molecule has 0 heterocycles. The molecule has 6 nitrogen and oxygen atoms in total. The Morgan fingerprint density at radius 3 is 1.44 bits per heavy atom. The Morgan fingerprint density at radius 2 is 1.11 bits per heavy atom. The van der Waals surface area contributed by atoms with E-state index in [9.17, 15) is 9.59 Å². The number of carbonyl (C=O) groups excluding carboxylic acids is 2. The molecule has 0 aliphatic rings. The van der Waals surface area contributed by atoms with E-state index in [1.165, 1.54) is 0 Å². The van der Waals surface area contributed by atoms with Crippen molar-refractivity contribution < 1.29 is 19.1 Å². The fourth-order valence-corrected chi connectivity index (χ4v) is 2.23. The fourth-order valence-electron chi connectivity index (χ4n) is 2.23. The van der Waals surface area contributed by atoms with Gasteiger partial charge in [-0.15, -0.1) is 0 Å². The van der Waals surface area contributed by atoms with Crippen molar-refractivity contribution in [2.24, 2.45) is 5.10 Å². The predicted molar refractivity (Wildman–Crippen MR) is 104 cm³/mol. The molecule has 0 saturated heterocycles. The zero-order chi connectivity index (χ0) is 19.8. The summed E-state index contributed by atoms with van der Waals surface area (Å²) < 4.78 is 10.3. The van der Waals surface area contributed by atoms with Crippen molar-refractivity contribution in [1.82, 2.24) is 5.01 Å². The van der Waals surface area contributed by atoms with Gasteiger partial charge < -0.3 is 9.47 Å². The van der Waals surface area contributed by atoms with Gasteiger partial charge >= 0.3 is 12.2 Å². The van der Waals surface area contributed by atoms with Gasteiger partial charge in [0.25, 0.3) is 0 Å². The number of hydrogen-bond donors (Lipinski definition) is 0. The average molecular weight is 368 g/mol. The van der Waals surface area contributed by atoms with Gasteiger partial charge in [-0.05, 0) is 27.7 Å². The number of hydrazone groups is 1. The number of rotatable bonds is 5. The van der Waals surface area contributed by atoms with Crippen molar-refractivity contribution in [2.75, 3.05) is 0 Å². The summed E-state index contributed by atoms with van der Waals surface area (Å²) in [5, 5.41) is 4.96. The first-order valence-corrected chi connectivity index (χ1v) is 8.79. The highest BCUT2D eigenvalue weighted by Gasteiger charge is 2.27. The number of carbonyl (C=O) groups is 2. The molecule has 0 saturated carbocycles. The molecule has 2 amide bonds. The highest BCUT2D eigenvalue weighted by atomic mass is 16.6. The van der Waals surface area contributed by atoms with Gasteiger partial charge in [0.05, 0.1) is 17.9 Å². The Hall–Kier alpha value is -3.15. The van der Waals surface area contributed by atoms with Gasteiger partial charge in [-0.1, -0.05) is 65.7 Å². The third-order valence-corrected chi connectivity index (χ3v) is 3.31. The topological polar surface area (TPSA) is 68.2 Å². The number of benzene rings is 2. The summed E-state index contributed by atoms with van der Waals surface area (Å²) in [6.07, 6.45) is -2.59. The van der Waals surface area contributed by atoms with E-state index in [4.69, 9.17) is 9.47 Å². The molecule has 0 aliphatic heterocycles. The molecule has 6 heteroatoms. The molecule has 2 aromatic rings. The first kappa shape index (κ1) is 20.2. The van der Waals surface area contributed by atoms with Gasteiger partial charge in [0, 0.05) is 11.1 Å². The summed E-state index contributed by atoms with van der Waals surface area (Å²) in [7, 11) is 0. The Bertz CT molecular complexity index is 723. The molecule has 2 rings (SSSR count). The third-order valence-electron chi connectivity index (χ3n) is 3.31. The molecule has 0 fully saturated rings. The molecule has 2 aromatic carbocycles. The van der Waals surface area contributed by atoms with E-state index >= 15 is 0 Å².